The molecule has 1 fully saturated rings. The van der Waals surface area contributed by atoms with E-state index < -0.39 is 11.2 Å². The fraction of sp³-hybridized carbons (Fsp3) is 0.238. The summed E-state index contributed by atoms with van der Waals surface area (Å²) >= 11 is 1.20. The second-order valence-electron chi connectivity index (χ2n) is 6.63. The van der Waals surface area contributed by atoms with Gasteiger partial charge in [0.2, 0.25) is 11.8 Å². The lowest BCUT2D eigenvalue weighted by atomic mass is 10.2. The highest BCUT2D eigenvalue weighted by atomic mass is 32.2. The lowest BCUT2D eigenvalue weighted by molar-refractivity contribution is -0.123. The first-order valence-electron chi connectivity index (χ1n) is 9.13. The number of amides is 2. The molecule has 0 saturated carbocycles. The number of nitrogens with one attached hydrogen (secondary N) is 2. The van der Waals surface area contributed by atoms with Crippen LogP contribution in [0.25, 0.3) is 0 Å². The van der Waals surface area contributed by atoms with Gasteiger partial charge in [-0.25, -0.2) is 9.79 Å². The van der Waals surface area contributed by atoms with E-state index in [0.717, 1.165) is 0 Å². The Morgan fingerprint density at radius 1 is 1.14 bits per heavy atom. The molecule has 2 N–H and O–H groups in total. The summed E-state index contributed by atoms with van der Waals surface area (Å²) in [5.41, 5.74) is 1.63. The molecule has 1 aliphatic rings. The van der Waals surface area contributed by atoms with Gasteiger partial charge < -0.3 is 15.4 Å². The zero-order valence-electron chi connectivity index (χ0n) is 16.0. The summed E-state index contributed by atoms with van der Waals surface area (Å²) in [6.45, 7) is 3.56. The van der Waals surface area contributed by atoms with Crippen molar-refractivity contribution in [2.45, 2.75) is 31.6 Å². The molecule has 29 heavy (non-hydrogen) atoms. The van der Waals surface area contributed by atoms with Crippen LogP contribution in [0, 0.1) is 0 Å². The predicted octanol–water partition coefficient (Wildman–Crippen LogP) is 3.50. The van der Waals surface area contributed by atoms with Gasteiger partial charge in [-0.15, -0.1) is 0 Å². The first kappa shape index (κ1) is 20.6. The van der Waals surface area contributed by atoms with Crippen molar-refractivity contribution in [3.05, 3.63) is 60.2 Å². The zero-order valence-corrected chi connectivity index (χ0v) is 16.9. The van der Waals surface area contributed by atoms with Crippen molar-refractivity contribution in [3.8, 4) is 0 Å². The van der Waals surface area contributed by atoms with Crippen LogP contribution in [0.1, 0.15) is 30.6 Å². The lowest BCUT2D eigenvalue weighted by Crippen LogP contribution is -2.41. The topological polar surface area (TPSA) is 96.9 Å². The number of hydrogen-bond donors (Lipinski definition) is 2. The zero-order chi connectivity index (χ0) is 20.8. The monoisotopic (exact) mass is 411 g/mol. The van der Waals surface area contributed by atoms with Crippen LogP contribution in [0.3, 0.4) is 0 Å². The Balaban J connectivity index is 1.64. The standard InChI is InChI=1S/C21H21N3O4S/c1-13(2)28-20(27)14-8-10-16(11-9-14)22-19(26)17-12-18(25)24-21(29-17)23-15-6-4-3-5-7-15/h3-11,13,17H,12H2,1-2H3,(H,22,26)(H,23,24,25)/t17-/m1/s1. The maximum atomic E-state index is 12.6. The summed E-state index contributed by atoms with van der Waals surface area (Å²) in [4.78, 5) is 40.9. The fourth-order valence-electron chi connectivity index (χ4n) is 2.56. The minimum atomic E-state index is -0.600. The molecule has 1 atom stereocenters. The molecule has 0 unspecified atom stereocenters. The number of carbonyl (C=O) groups excluding carboxylic acids is 3. The molecule has 2 aromatic carbocycles. The van der Waals surface area contributed by atoms with E-state index in [1.54, 1.807) is 38.1 Å². The molecule has 8 heteroatoms. The van der Waals surface area contributed by atoms with Crippen molar-refractivity contribution in [3.63, 3.8) is 0 Å². The van der Waals surface area contributed by atoms with Gasteiger partial charge in [-0.2, -0.15) is 0 Å². The average Bonchev–Trinajstić information content (AvgIpc) is 2.68. The van der Waals surface area contributed by atoms with Gasteiger partial charge in [-0.3, -0.25) is 9.59 Å². The second-order valence-corrected chi connectivity index (χ2v) is 7.82. The third-order valence-corrected chi connectivity index (χ3v) is 4.96. The molecule has 0 bridgehead atoms. The number of amidine groups is 1. The normalized spacial score (nSPS) is 17.7. The van der Waals surface area contributed by atoms with Crippen molar-refractivity contribution in [1.82, 2.24) is 5.32 Å². The van der Waals surface area contributed by atoms with Gasteiger partial charge in [0.15, 0.2) is 5.17 Å². The molecule has 1 saturated heterocycles. The summed E-state index contributed by atoms with van der Waals surface area (Å²) < 4.78 is 5.14. The van der Waals surface area contributed by atoms with Crippen LogP contribution in [0.4, 0.5) is 11.4 Å². The van der Waals surface area contributed by atoms with E-state index >= 15 is 0 Å². The smallest absolute Gasteiger partial charge is 0.338 e. The van der Waals surface area contributed by atoms with Crippen LogP contribution >= 0.6 is 11.8 Å². The third-order valence-electron chi connectivity index (χ3n) is 3.88. The summed E-state index contributed by atoms with van der Waals surface area (Å²) in [6.07, 6.45) is -0.147. The Hall–Kier alpha value is -3.13. The molecule has 0 spiro atoms. The molecule has 0 aromatic heterocycles. The van der Waals surface area contributed by atoms with Crippen molar-refractivity contribution < 1.29 is 19.1 Å². The summed E-state index contributed by atoms with van der Waals surface area (Å²) in [7, 11) is 0. The molecule has 2 amide bonds. The highest BCUT2D eigenvalue weighted by Crippen LogP contribution is 2.25. The van der Waals surface area contributed by atoms with Gasteiger partial charge >= 0.3 is 5.97 Å². The molecule has 3 rings (SSSR count). The van der Waals surface area contributed by atoms with Gasteiger partial charge in [0, 0.05) is 12.1 Å². The van der Waals surface area contributed by atoms with E-state index in [1.165, 1.54) is 11.8 Å². The molecule has 2 aromatic rings. The SMILES string of the molecule is CC(C)OC(=O)c1ccc(NC(=O)[C@H]2CC(=O)NC(=Nc3ccccc3)S2)cc1. The molecule has 0 radical (unpaired) electrons. The molecule has 1 heterocycles. The maximum Gasteiger partial charge on any atom is 0.338 e. The van der Waals surface area contributed by atoms with Crippen LogP contribution in [0.15, 0.2) is 59.6 Å². The van der Waals surface area contributed by atoms with Gasteiger partial charge in [-0.1, -0.05) is 30.0 Å². The van der Waals surface area contributed by atoms with E-state index in [1.807, 2.05) is 30.3 Å². The van der Waals surface area contributed by atoms with E-state index in [9.17, 15) is 14.4 Å². The highest BCUT2D eigenvalue weighted by Gasteiger charge is 2.30. The number of carbonyl (C=O) groups is 3. The molecular formula is C21H21N3O4S. The van der Waals surface area contributed by atoms with Crippen molar-refractivity contribution in [1.29, 1.82) is 0 Å². The van der Waals surface area contributed by atoms with Gasteiger partial charge in [-0.05, 0) is 50.2 Å². The van der Waals surface area contributed by atoms with Crippen LogP contribution in [0.5, 0.6) is 0 Å². The Kier molecular flexibility index (Phi) is 6.66. The number of esters is 1. The van der Waals surface area contributed by atoms with E-state index in [-0.39, 0.29) is 24.3 Å². The van der Waals surface area contributed by atoms with E-state index in [0.29, 0.717) is 22.1 Å². The Bertz CT molecular complexity index is 927. The first-order valence-corrected chi connectivity index (χ1v) is 10.0. The molecule has 7 nitrogen and oxygen atoms in total. The number of nitrogens with zero attached hydrogens (tertiary/aromatic N) is 1. The van der Waals surface area contributed by atoms with Crippen molar-refractivity contribution in [2.24, 2.45) is 4.99 Å². The van der Waals surface area contributed by atoms with Gasteiger partial charge in [0.25, 0.3) is 0 Å². The van der Waals surface area contributed by atoms with Crippen LogP contribution in [-0.4, -0.2) is 34.3 Å². The molecular weight excluding hydrogens is 390 g/mol. The maximum absolute atomic E-state index is 12.6. The summed E-state index contributed by atoms with van der Waals surface area (Å²) in [6, 6.07) is 15.6. The average molecular weight is 411 g/mol. The number of rotatable bonds is 5. The fourth-order valence-corrected chi connectivity index (χ4v) is 3.56. The minimum Gasteiger partial charge on any atom is -0.459 e. The Morgan fingerprint density at radius 3 is 2.48 bits per heavy atom. The quantitative estimate of drug-likeness (QED) is 0.734. The van der Waals surface area contributed by atoms with Crippen LogP contribution < -0.4 is 10.6 Å². The number of ether oxygens (including phenoxy) is 1. The van der Waals surface area contributed by atoms with Gasteiger partial charge in [0.05, 0.1) is 17.4 Å². The Morgan fingerprint density at radius 2 is 1.83 bits per heavy atom. The number of hydrogen-bond acceptors (Lipinski definition) is 6. The highest BCUT2D eigenvalue weighted by molar-refractivity contribution is 8.15. The number of benzene rings is 2. The summed E-state index contributed by atoms with van der Waals surface area (Å²) in [5, 5.41) is 5.26. The van der Waals surface area contributed by atoms with Gasteiger partial charge in [0.1, 0.15) is 5.25 Å². The molecule has 1 aliphatic heterocycles. The predicted molar refractivity (Wildman–Crippen MR) is 113 cm³/mol. The number of anilines is 1. The first-order chi connectivity index (χ1) is 13.9. The number of para-hydroxylation sites is 1. The number of aliphatic imine (C=N–C) groups is 1. The van der Waals surface area contributed by atoms with Crippen molar-refractivity contribution >= 4 is 46.1 Å². The molecule has 0 aliphatic carbocycles. The van der Waals surface area contributed by atoms with E-state index in [4.69, 9.17) is 4.74 Å². The second kappa shape index (κ2) is 9.38. The largest absolute Gasteiger partial charge is 0.459 e. The number of thioether (sulfide) groups is 1. The third kappa shape index (κ3) is 5.92. The Labute approximate surface area is 172 Å². The molecule has 150 valence electrons. The summed E-state index contributed by atoms with van der Waals surface area (Å²) in [5.74, 6) is -0.979. The van der Waals surface area contributed by atoms with Crippen LogP contribution in [-0.2, 0) is 14.3 Å². The van der Waals surface area contributed by atoms with Crippen LogP contribution in [0.2, 0.25) is 0 Å². The van der Waals surface area contributed by atoms with E-state index in [2.05, 4.69) is 15.6 Å². The minimum absolute atomic E-state index is 0.0586. The lowest BCUT2D eigenvalue weighted by Gasteiger charge is -2.22. The van der Waals surface area contributed by atoms with Crippen molar-refractivity contribution in [2.75, 3.05) is 5.32 Å².